The number of hydrogen-bond donors (Lipinski definition) is 0. The summed E-state index contributed by atoms with van der Waals surface area (Å²) in [6.45, 7) is 3.46. The number of unbranched alkanes of at least 4 members (excludes halogenated alkanes) is 1. The first kappa shape index (κ1) is 19.1. The van der Waals surface area contributed by atoms with Crippen LogP contribution in [-0.4, -0.2) is 34.4 Å². The molecule has 0 radical (unpaired) electrons. The normalized spacial score (nSPS) is 10.5. The van der Waals surface area contributed by atoms with Gasteiger partial charge in [0.25, 0.3) is 0 Å². The average molecular weight is 345 g/mol. The monoisotopic (exact) mass is 345 g/mol. The molecule has 0 aliphatic heterocycles. The van der Waals surface area contributed by atoms with Gasteiger partial charge in [-0.3, -0.25) is 0 Å². The average Bonchev–Trinajstić information content (AvgIpc) is 2.66. The molecular formula is C20H27NO4. The minimum atomic E-state index is 0.209. The lowest BCUT2D eigenvalue weighted by molar-refractivity contribution is 0.0510. The van der Waals surface area contributed by atoms with Gasteiger partial charge >= 0.3 is 0 Å². The lowest BCUT2D eigenvalue weighted by Gasteiger charge is -2.28. The summed E-state index contributed by atoms with van der Waals surface area (Å²) in [6, 6.07) is 15.9. The van der Waals surface area contributed by atoms with Crippen molar-refractivity contribution in [2.24, 2.45) is 0 Å². The molecule has 2 rings (SSSR count). The Labute approximate surface area is 150 Å². The number of benzene rings is 2. The van der Waals surface area contributed by atoms with E-state index in [1.807, 2.05) is 48.5 Å². The van der Waals surface area contributed by atoms with Crippen molar-refractivity contribution in [1.29, 1.82) is 0 Å². The van der Waals surface area contributed by atoms with Crippen LogP contribution in [0.4, 0.5) is 11.4 Å². The van der Waals surface area contributed by atoms with Gasteiger partial charge in [-0.25, -0.2) is 0 Å². The Kier molecular flexibility index (Phi) is 8.09. The van der Waals surface area contributed by atoms with Crippen LogP contribution in [0.1, 0.15) is 19.8 Å². The van der Waals surface area contributed by atoms with Gasteiger partial charge in [-0.1, -0.05) is 37.6 Å². The van der Waals surface area contributed by atoms with Crippen molar-refractivity contribution in [2.75, 3.05) is 39.3 Å². The van der Waals surface area contributed by atoms with Crippen LogP contribution in [0.15, 0.2) is 48.5 Å². The van der Waals surface area contributed by atoms with E-state index in [0.717, 1.165) is 42.3 Å². The Hall–Kier alpha value is -2.24. The first-order valence-corrected chi connectivity index (χ1v) is 8.50. The zero-order chi connectivity index (χ0) is 17.9. The Morgan fingerprint density at radius 1 is 0.760 bits per heavy atom. The summed E-state index contributed by atoms with van der Waals surface area (Å²) in [5.41, 5.74) is 1.97. The van der Waals surface area contributed by atoms with E-state index >= 15 is 0 Å². The second-order valence-corrected chi connectivity index (χ2v) is 5.54. The van der Waals surface area contributed by atoms with Crippen LogP contribution in [0, 0.1) is 0 Å². The van der Waals surface area contributed by atoms with Crippen molar-refractivity contribution >= 4 is 11.4 Å². The fraction of sp³-hybridized carbons (Fsp3) is 0.400. The molecule has 136 valence electrons. The highest BCUT2D eigenvalue weighted by atomic mass is 16.7. The molecule has 0 amide bonds. The summed E-state index contributed by atoms with van der Waals surface area (Å²) in [7, 11) is 3.23. The molecule has 25 heavy (non-hydrogen) atoms. The molecule has 0 aliphatic carbocycles. The number of anilines is 2. The molecule has 0 aromatic heterocycles. The molecule has 0 aliphatic rings. The van der Waals surface area contributed by atoms with Gasteiger partial charge in [-0.2, -0.15) is 0 Å². The van der Waals surface area contributed by atoms with E-state index < -0.39 is 0 Å². The molecule has 0 atom stereocenters. The number of rotatable bonds is 11. The smallest absolute Gasteiger partial charge is 0.188 e. The van der Waals surface area contributed by atoms with Gasteiger partial charge in [0.05, 0.1) is 11.4 Å². The molecule has 0 heterocycles. The summed E-state index contributed by atoms with van der Waals surface area (Å²) in [4.78, 5) is 2.22. The Bertz CT molecular complexity index is 581. The molecule has 0 N–H and O–H groups in total. The summed E-state index contributed by atoms with van der Waals surface area (Å²) < 4.78 is 21.6. The number of hydrogen-bond acceptors (Lipinski definition) is 5. The van der Waals surface area contributed by atoms with Crippen molar-refractivity contribution in [2.45, 2.75) is 19.8 Å². The maximum Gasteiger partial charge on any atom is 0.188 e. The predicted molar refractivity (Wildman–Crippen MR) is 99.8 cm³/mol. The maximum atomic E-state index is 5.76. The van der Waals surface area contributed by atoms with E-state index in [4.69, 9.17) is 18.9 Å². The SMILES string of the molecule is CCCCN(c1ccccc1OCOC)c1ccccc1OCOC. The van der Waals surface area contributed by atoms with Gasteiger partial charge in [-0.05, 0) is 30.7 Å². The summed E-state index contributed by atoms with van der Waals surface area (Å²) in [6.07, 6.45) is 2.15. The number of methoxy groups -OCH3 is 2. The highest BCUT2D eigenvalue weighted by Crippen LogP contribution is 2.38. The molecule has 2 aromatic carbocycles. The highest BCUT2D eigenvalue weighted by Gasteiger charge is 2.17. The van der Waals surface area contributed by atoms with Crippen LogP contribution in [0.2, 0.25) is 0 Å². The number of para-hydroxylation sites is 4. The number of ether oxygens (including phenoxy) is 4. The van der Waals surface area contributed by atoms with E-state index in [-0.39, 0.29) is 13.6 Å². The molecule has 5 heteroatoms. The van der Waals surface area contributed by atoms with Gasteiger partial charge in [0.1, 0.15) is 11.5 Å². The van der Waals surface area contributed by atoms with Gasteiger partial charge in [-0.15, -0.1) is 0 Å². The van der Waals surface area contributed by atoms with Crippen LogP contribution in [0.3, 0.4) is 0 Å². The maximum absolute atomic E-state index is 5.76. The standard InChI is InChI=1S/C20H27NO4/c1-4-5-14-21(17-10-6-8-12-19(17)24-15-22-2)18-11-7-9-13-20(18)25-16-23-3/h6-13H,4-5,14-16H2,1-3H3. The molecule has 0 saturated carbocycles. The van der Waals surface area contributed by atoms with Crippen LogP contribution < -0.4 is 14.4 Å². The highest BCUT2D eigenvalue weighted by molar-refractivity contribution is 5.73. The summed E-state index contributed by atoms with van der Waals surface area (Å²) in [5, 5.41) is 0. The minimum absolute atomic E-state index is 0.209. The fourth-order valence-corrected chi connectivity index (χ4v) is 2.54. The zero-order valence-corrected chi connectivity index (χ0v) is 15.2. The van der Waals surface area contributed by atoms with E-state index in [2.05, 4.69) is 11.8 Å². The van der Waals surface area contributed by atoms with Crippen LogP contribution in [0.5, 0.6) is 11.5 Å². The topological polar surface area (TPSA) is 40.2 Å². The molecule has 0 bridgehead atoms. The minimum Gasteiger partial charge on any atom is -0.465 e. The Morgan fingerprint density at radius 2 is 1.24 bits per heavy atom. The van der Waals surface area contributed by atoms with Gasteiger partial charge in [0, 0.05) is 20.8 Å². The zero-order valence-electron chi connectivity index (χ0n) is 15.2. The molecular weight excluding hydrogens is 318 g/mol. The van der Waals surface area contributed by atoms with E-state index in [0.29, 0.717) is 0 Å². The predicted octanol–water partition coefficient (Wildman–Crippen LogP) is 4.59. The molecule has 2 aromatic rings. The third-order valence-corrected chi connectivity index (χ3v) is 3.71. The van der Waals surface area contributed by atoms with Crippen molar-refractivity contribution in [1.82, 2.24) is 0 Å². The van der Waals surface area contributed by atoms with Crippen LogP contribution in [0.25, 0.3) is 0 Å². The van der Waals surface area contributed by atoms with Crippen molar-refractivity contribution in [3.05, 3.63) is 48.5 Å². The van der Waals surface area contributed by atoms with E-state index in [1.165, 1.54) is 0 Å². The van der Waals surface area contributed by atoms with Crippen molar-refractivity contribution in [3.63, 3.8) is 0 Å². The first-order chi connectivity index (χ1) is 12.3. The van der Waals surface area contributed by atoms with Crippen molar-refractivity contribution < 1.29 is 18.9 Å². The molecule has 0 unspecified atom stereocenters. The Balaban J connectivity index is 2.40. The largest absolute Gasteiger partial charge is 0.465 e. The molecule has 0 saturated heterocycles. The second kappa shape index (κ2) is 10.6. The summed E-state index contributed by atoms with van der Waals surface area (Å²) in [5.74, 6) is 1.56. The van der Waals surface area contributed by atoms with Gasteiger partial charge < -0.3 is 23.8 Å². The van der Waals surface area contributed by atoms with Crippen LogP contribution in [-0.2, 0) is 9.47 Å². The third-order valence-electron chi connectivity index (χ3n) is 3.71. The molecule has 5 nitrogen and oxygen atoms in total. The number of nitrogens with zero attached hydrogens (tertiary/aromatic N) is 1. The quantitative estimate of drug-likeness (QED) is 0.557. The van der Waals surface area contributed by atoms with E-state index in [1.54, 1.807) is 14.2 Å². The second-order valence-electron chi connectivity index (χ2n) is 5.54. The molecule has 0 spiro atoms. The lowest BCUT2D eigenvalue weighted by Crippen LogP contribution is -2.20. The van der Waals surface area contributed by atoms with Gasteiger partial charge in [0.2, 0.25) is 0 Å². The lowest BCUT2D eigenvalue weighted by atomic mass is 10.2. The van der Waals surface area contributed by atoms with Crippen LogP contribution >= 0.6 is 0 Å². The third kappa shape index (κ3) is 5.37. The van der Waals surface area contributed by atoms with Gasteiger partial charge in [0.15, 0.2) is 13.6 Å². The van der Waals surface area contributed by atoms with Crippen molar-refractivity contribution in [3.8, 4) is 11.5 Å². The fourth-order valence-electron chi connectivity index (χ4n) is 2.54. The Morgan fingerprint density at radius 3 is 1.68 bits per heavy atom. The first-order valence-electron chi connectivity index (χ1n) is 8.50. The van der Waals surface area contributed by atoms with E-state index in [9.17, 15) is 0 Å². The summed E-state index contributed by atoms with van der Waals surface area (Å²) >= 11 is 0. The molecule has 0 fully saturated rings.